The number of nitrogens with two attached hydrogens (primary N) is 1. The number of anilines is 1. The van der Waals surface area contributed by atoms with Gasteiger partial charge < -0.3 is 16.4 Å². The monoisotopic (exact) mass is 321 g/mol. The van der Waals surface area contributed by atoms with Crippen molar-refractivity contribution < 1.29 is 14.4 Å². The van der Waals surface area contributed by atoms with Crippen LogP contribution in [0.4, 0.5) is 10.6 Å². The summed E-state index contributed by atoms with van der Waals surface area (Å²) in [5, 5.41) is 5.16. The Bertz CT molecular complexity index is 535. The summed E-state index contributed by atoms with van der Waals surface area (Å²) in [4.78, 5) is 40.2. The average Bonchev–Trinajstić information content (AvgIpc) is 2.56. The van der Waals surface area contributed by atoms with E-state index in [1.807, 2.05) is 0 Å². The van der Waals surface area contributed by atoms with Crippen LogP contribution in [-0.2, 0) is 9.59 Å². The lowest BCUT2D eigenvalue weighted by Gasteiger charge is -2.23. The van der Waals surface area contributed by atoms with E-state index in [0.29, 0.717) is 31.6 Å². The van der Waals surface area contributed by atoms with Gasteiger partial charge in [0.1, 0.15) is 11.9 Å². The highest BCUT2D eigenvalue weighted by Gasteiger charge is 2.24. The molecule has 0 saturated heterocycles. The van der Waals surface area contributed by atoms with Crippen LogP contribution >= 0.6 is 0 Å². The summed E-state index contributed by atoms with van der Waals surface area (Å²) in [6, 6.07) is 3.68. The molecule has 8 heteroatoms. The topological polar surface area (TPSA) is 117 Å². The maximum Gasteiger partial charge on any atom is 0.312 e. The molecule has 0 saturated carbocycles. The second-order valence-corrected chi connectivity index (χ2v) is 4.99. The van der Waals surface area contributed by atoms with Gasteiger partial charge in [0.15, 0.2) is 0 Å². The largest absolute Gasteiger partial charge is 0.356 e. The van der Waals surface area contributed by atoms with E-state index >= 15 is 0 Å². The molecule has 4 N–H and O–H groups in total. The molecule has 0 aromatic carbocycles. The first-order valence-electron chi connectivity index (χ1n) is 7.47. The van der Waals surface area contributed by atoms with E-state index in [1.165, 1.54) is 4.90 Å². The Hall–Kier alpha value is -2.64. The fraction of sp³-hybridized carbons (Fsp3) is 0.467. The van der Waals surface area contributed by atoms with Gasteiger partial charge >= 0.3 is 6.03 Å². The Balaban J connectivity index is 2.63. The summed E-state index contributed by atoms with van der Waals surface area (Å²) >= 11 is 0. The molecule has 8 nitrogen and oxygen atoms in total. The highest BCUT2D eigenvalue weighted by molar-refractivity contribution is 5.97. The van der Waals surface area contributed by atoms with Crippen LogP contribution in [-0.4, -0.2) is 42.5 Å². The zero-order chi connectivity index (χ0) is 17.2. The molecule has 4 amide bonds. The van der Waals surface area contributed by atoms with Crippen LogP contribution in [0, 0.1) is 0 Å². The molecule has 1 rings (SSSR count). The lowest BCUT2D eigenvalue weighted by molar-refractivity contribution is -0.120. The van der Waals surface area contributed by atoms with Crippen molar-refractivity contribution in [3.05, 3.63) is 24.4 Å². The summed E-state index contributed by atoms with van der Waals surface area (Å²) in [6.45, 7) is 2.20. The number of hydrogen-bond acceptors (Lipinski definition) is 4. The molecule has 0 radical (unpaired) electrons. The molecule has 0 aliphatic carbocycles. The third-order valence-electron chi connectivity index (χ3n) is 3.25. The molecule has 1 aromatic rings. The quantitative estimate of drug-likeness (QED) is 0.600. The maximum atomic E-state index is 12.5. The van der Waals surface area contributed by atoms with Crippen molar-refractivity contribution >= 4 is 23.7 Å². The first kappa shape index (κ1) is 18.4. The number of carbonyl (C=O) groups is 3. The second kappa shape index (κ2) is 9.39. The minimum absolute atomic E-state index is 0.0543. The number of primary amides is 1. The minimum Gasteiger partial charge on any atom is -0.356 e. The van der Waals surface area contributed by atoms with Crippen molar-refractivity contribution in [1.82, 2.24) is 15.6 Å². The van der Waals surface area contributed by atoms with Gasteiger partial charge in [-0.05, 0) is 25.0 Å². The first-order valence-corrected chi connectivity index (χ1v) is 7.47. The summed E-state index contributed by atoms with van der Waals surface area (Å²) in [5.74, 6) is 0.110. The normalized spacial score (nSPS) is 11.4. The lowest BCUT2D eigenvalue weighted by Crippen LogP contribution is -2.49. The Kier molecular flexibility index (Phi) is 7.52. The Morgan fingerprint density at radius 3 is 2.65 bits per heavy atom. The number of carbonyl (C=O) groups excluding carboxylic acids is 3. The van der Waals surface area contributed by atoms with Crippen LogP contribution in [0.15, 0.2) is 24.4 Å². The average molecular weight is 321 g/mol. The zero-order valence-electron chi connectivity index (χ0n) is 13.4. The summed E-state index contributed by atoms with van der Waals surface area (Å²) in [7, 11) is 1.58. The molecular formula is C15H23N5O3. The van der Waals surface area contributed by atoms with Crippen molar-refractivity contribution in [3.63, 3.8) is 0 Å². The number of nitrogens with zero attached hydrogens (tertiary/aromatic N) is 2. The number of pyridine rings is 1. The minimum atomic E-state index is -0.768. The van der Waals surface area contributed by atoms with Crippen LogP contribution in [0.25, 0.3) is 0 Å². The van der Waals surface area contributed by atoms with Crippen LogP contribution < -0.4 is 21.3 Å². The number of rotatable bonds is 8. The van der Waals surface area contributed by atoms with Gasteiger partial charge in [-0.25, -0.2) is 9.78 Å². The molecule has 126 valence electrons. The van der Waals surface area contributed by atoms with Crippen LogP contribution in [0.3, 0.4) is 0 Å². The van der Waals surface area contributed by atoms with Gasteiger partial charge in [-0.15, -0.1) is 0 Å². The van der Waals surface area contributed by atoms with Crippen molar-refractivity contribution in [2.45, 2.75) is 32.2 Å². The van der Waals surface area contributed by atoms with Crippen LogP contribution in [0.5, 0.6) is 0 Å². The number of nitrogens with one attached hydrogen (secondary N) is 2. The molecule has 1 aromatic heterocycles. The molecule has 1 heterocycles. The molecule has 0 aliphatic heterocycles. The number of amides is 4. The van der Waals surface area contributed by atoms with Crippen molar-refractivity contribution in [2.24, 2.45) is 5.73 Å². The van der Waals surface area contributed by atoms with Gasteiger partial charge in [-0.3, -0.25) is 14.5 Å². The van der Waals surface area contributed by atoms with E-state index in [0.717, 1.165) is 0 Å². The van der Waals surface area contributed by atoms with E-state index in [-0.39, 0.29) is 11.8 Å². The number of likely N-dealkylation sites (N-methyl/N-ethyl adjacent to an activating group) is 1. The Labute approximate surface area is 135 Å². The smallest absolute Gasteiger partial charge is 0.312 e. The molecule has 0 fully saturated rings. The Morgan fingerprint density at radius 1 is 1.35 bits per heavy atom. The Morgan fingerprint density at radius 2 is 2.09 bits per heavy atom. The predicted molar refractivity (Wildman–Crippen MR) is 86.7 cm³/mol. The van der Waals surface area contributed by atoms with Crippen LogP contribution in [0.2, 0.25) is 0 Å². The molecule has 0 aliphatic rings. The fourth-order valence-electron chi connectivity index (χ4n) is 1.99. The van der Waals surface area contributed by atoms with Crippen LogP contribution in [0.1, 0.15) is 26.2 Å². The molecule has 0 bridgehead atoms. The van der Waals surface area contributed by atoms with E-state index in [2.05, 4.69) is 15.6 Å². The highest BCUT2D eigenvalue weighted by Crippen LogP contribution is 2.10. The van der Waals surface area contributed by atoms with Crippen molar-refractivity contribution in [1.29, 1.82) is 0 Å². The third kappa shape index (κ3) is 6.33. The van der Waals surface area contributed by atoms with E-state index in [9.17, 15) is 14.4 Å². The first-order chi connectivity index (χ1) is 11.0. The summed E-state index contributed by atoms with van der Waals surface area (Å²) in [5.41, 5.74) is 5.14. The molecular weight excluding hydrogens is 298 g/mol. The van der Waals surface area contributed by atoms with E-state index < -0.39 is 12.1 Å². The molecule has 23 heavy (non-hydrogen) atoms. The summed E-state index contributed by atoms with van der Waals surface area (Å²) in [6.07, 6.45) is 2.89. The lowest BCUT2D eigenvalue weighted by atomic mass is 10.1. The van der Waals surface area contributed by atoms with E-state index in [1.54, 1.807) is 38.4 Å². The molecule has 0 spiro atoms. The van der Waals surface area contributed by atoms with Gasteiger partial charge in [0.05, 0.1) is 0 Å². The maximum absolute atomic E-state index is 12.5. The number of aromatic nitrogens is 1. The SMILES string of the molecule is CCC(=O)NCCCC(NC(N)=O)C(=O)N(C)c1ccccn1. The van der Waals surface area contributed by atoms with Crippen molar-refractivity contribution in [2.75, 3.05) is 18.5 Å². The fourth-order valence-corrected chi connectivity index (χ4v) is 1.99. The van der Waals surface area contributed by atoms with Gasteiger partial charge in [0.2, 0.25) is 5.91 Å². The second-order valence-electron chi connectivity index (χ2n) is 4.99. The third-order valence-corrected chi connectivity index (χ3v) is 3.25. The molecule has 1 unspecified atom stereocenters. The van der Waals surface area contributed by atoms with Gasteiger partial charge in [-0.1, -0.05) is 13.0 Å². The van der Waals surface area contributed by atoms with Crippen molar-refractivity contribution in [3.8, 4) is 0 Å². The predicted octanol–water partition coefficient (Wildman–Crippen LogP) is 0.388. The van der Waals surface area contributed by atoms with E-state index in [4.69, 9.17) is 5.73 Å². The number of urea groups is 1. The zero-order valence-corrected chi connectivity index (χ0v) is 13.4. The summed E-state index contributed by atoms with van der Waals surface area (Å²) < 4.78 is 0. The number of hydrogen-bond donors (Lipinski definition) is 3. The standard InChI is InChI=1S/C15H23N5O3/c1-3-13(21)18-10-6-7-11(19-15(16)23)14(22)20(2)12-8-4-5-9-17-12/h4-5,8-9,11H,3,6-7,10H2,1-2H3,(H,18,21)(H3,16,19,23). The van der Waals surface area contributed by atoms with Gasteiger partial charge in [0, 0.05) is 26.2 Å². The van der Waals surface area contributed by atoms with Gasteiger partial charge in [0.25, 0.3) is 5.91 Å². The van der Waals surface area contributed by atoms with Gasteiger partial charge in [-0.2, -0.15) is 0 Å². The highest BCUT2D eigenvalue weighted by atomic mass is 16.2. The molecule has 1 atom stereocenters.